The lowest BCUT2D eigenvalue weighted by molar-refractivity contribution is 0.662. The fourth-order valence-electron chi connectivity index (χ4n) is 1.92. The second-order valence-electron chi connectivity index (χ2n) is 4.34. The van der Waals surface area contributed by atoms with Gasteiger partial charge >= 0.3 is 0 Å². The van der Waals surface area contributed by atoms with E-state index < -0.39 is 0 Å². The third-order valence-electron chi connectivity index (χ3n) is 2.90. The van der Waals surface area contributed by atoms with Gasteiger partial charge in [0.05, 0.1) is 10.7 Å². The average molecular weight is 279 g/mol. The van der Waals surface area contributed by atoms with Gasteiger partial charge in [-0.05, 0) is 25.1 Å². The van der Waals surface area contributed by atoms with Gasteiger partial charge in [-0.3, -0.25) is 4.57 Å². The Hall–Kier alpha value is -1.39. The topological polar surface area (TPSA) is 42.7 Å². The lowest BCUT2D eigenvalue weighted by atomic mass is 10.3. The fourth-order valence-corrected chi connectivity index (χ4v) is 2.09. The van der Waals surface area contributed by atoms with Gasteiger partial charge in [-0.25, -0.2) is 9.97 Å². The molecule has 0 atom stereocenters. The van der Waals surface area contributed by atoms with Crippen molar-refractivity contribution in [3.05, 3.63) is 41.1 Å². The van der Waals surface area contributed by atoms with Crippen molar-refractivity contribution in [3.8, 4) is 5.82 Å². The van der Waals surface area contributed by atoms with Gasteiger partial charge in [0.25, 0.3) is 0 Å². The van der Waals surface area contributed by atoms with E-state index in [2.05, 4.69) is 29.1 Å². The Morgan fingerprint density at radius 1 is 1.32 bits per heavy atom. The van der Waals surface area contributed by atoms with Crippen molar-refractivity contribution in [1.29, 1.82) is 0 Å². The van der Waals surface area contributed by atoms with Crippen LogP contribution in [0.15, 0.2) is 24.5 Å². The molecule has 19 heavy (non-hydrogen) atoms. The van der Waals surface area contributed by atoms with Crippen molar-refractivity contribution < 1.29 is 0 Å². The number of nitrogens with zero attached hydrogens (tertiary/aromatic N) is 3. The third kappa shape index (κ3) is 3.33. The minimum atomic E-state index is 0.691. The van der Waals surface area contributed by atoms with Gasteiger partial charge in [-0.15, -0.1) is 0 Å². The molecule has 0 saturated heterocycles. The average Bonchev–Trinajstić information content (AvgIpc) is 2.89. The Labute approximate surface area is 118 Å². The largest absolute Gasteiger partial charge is 0.311 e. The molecule has 102 valence electrons. The standard InChI is InChI=1S/C14H19ClN4/c1-3-7-16-10-12-11(15)5-6-14(18-12)19-9-8-17-13(19)4-2/h5-6,8-9,16H,3-4,7,10H2,1-2H3. The summed E-state index contributed by atoms with van der Waals surface area (Å²) < 4.78 is 2.00. The van der Waals surface area contributed by atoms with Crippen LogP contribution in [0, 0.1) is 0 Å². The van der Waals surface area contributed by atoms with E-state index in [9.17, 15) is 0 Å². The maximum Gasteiger partial charge on any atom is 0.138 e. The highest BCUT2D eigenvalue weighted by Crippen LogP contribution is 2.17. The first kappa shape index (κ1) is 14.0. The molecule has 1 N–H and O–H groups in total. The maximum atomic E-state index is 6.18. The molecule has 2 rings (SSSR count). The molecule has 0 spiro atoms. The first-order valence-corrected chi connectivity index (χ1v) is 7.02. The van der Waals surface area contributed by atoms with E-state index in [1.54, 1.807) is 6.20 Å². The van der Waals surface area contributed by atoms with Crippen molar-refractivity contribution >= 4 is 11.6 Å². The minimum absolute atomic E-state index is 0.691. The number of halogens is 1. The summed E-state index contributed by atoms with van der Waals surface area (Å²) in [7, 11) is 0. The summed E-state index contributed by atoms with van der Waals surface area (Å²) in [6, 6.07) is 3.82. The molecule has 0 radical (unpaired) electrons. The van der Waals surface area contributed by atoms with Gasteiger partial charge in [-0.2, -0.15) is 0 Å². The van der Waals surface area contributed by atoms with Gasteiger partial charge in [0.1, 0.15) is 11.6 Å². The van der Waals surface area contributed by atoms with Crippen LogP contribution in [0.5, 0.6) is 0 Å². The minimum Gasteiger partial charge on any atom is -0.311 e. The fraction of sp³-hybridized carbons (Fsp3) is 0.429. The molecule has 2 aromatic rings. The molecule has 0 fully saturated rings. The van der Waals surface area contributed by atoms with E-state index >= 15 is 0 Å². The predicted molar refractivity (Wildman–Crippen MR) is 77.7 cm³/mol. The number of imidazole rings is 1. The zero-order valence-electron chi connectivity index (χ0n) is 11.4. The number of rotatable bonds is 6. The van der Waals surface area contributed by atoms with Crippen LogP contribution in [-0.2, 0) is 13.0 Å². The van der Waals surface area contributed by atoms with Crippen LogP contribution in [0.25, 0.3) is 5.82 Å². The predicted octanol–water partition coefficient (Wildman–Crippen LogP) is 2.98. The molecule has 2 aromatic heterocycles. The first-order valence-electron chi connectivity index (χ1n) is 6.65. The van der Waals surface area contributed by atoms with Gasteiger partial charge < -0.3 is 5.32 Å². The lowest BCUT2D eigenvalue weighted by Crippen LogP contribution is -2.16. The molecule has 4 nitrogen and oxygen atoms in total. The Kier molecular flexibility index (Phi) is 4.93. The highest BCUT2D eigenvalue weighted by Gasteiger charge is 2.08. The lowest BCUT2D eigenvalue weighted by Gasteiger charge is -2.10. The SMILES string of the molecule is CCCNCc1nc(-n2ccnc2CC)ccc1Cl. The highest BCUT2D eigenvalue weighted by atomic mass is 35.5. The molecular formula is C14H19ClN4. The van der Waals surface area contributed by atoms with E-state index in [-0.39, 0.29) is 0 Å². The van der Waals surface area contributed by atoms with E-state index in [0.717, 1.165) is 36.7 Å². The molecule has 0 aliphatic rings. The zero-order valence-corrected chi connectivity index (χ0v) is 12.1. The molecule has 2 heterocycles. The van der Waals surface area contributed by atoms with Crippen LogP contribution in [0.4, 0.5) is 0 Å². The van der Waals surface area contributed by atoms with Crippen molar-refractivity contribution in [2.24, 2.45) is 0 Å². The van der Waals surface area contributed by atoms with Crippen molar-refractivity contribution in [1.82, 2.24) is 19.9 Å². The molecule has 0 bridgehead atoms. The van der Waals surface area contributed by atoms with Crippen molar-refractivity contribution in [2.75, 3.05) is 6.54 Å². The van der Waals surface area contributed by atoms with E-state index in [0.29, 0.717) is 11.6 Å². The number of aryl methyl sites for hydroxylation is 1. The second kappa shape index (κ2) is 6.68. The van der Waals surface area contributed by atoms with Crippen LogP contribution >= 0.6 is 11.6 Å². The molecule has 0 aromatic carbocycles. The van der Waals surface area contributed by atoms with Crippen LogP contribution in [0.3, 0.4) is 0 Å². The third-order valence-corrected chi connectivity index (χ3v) is 3.25. The monoisotopic (exact) mass is 278 g/mol. The summed E-state index contributed by atoms with van der Waals surface area (Å²) in [5.41, 5.74) is 0.878. The summed E-state index contributed by atoms with van der Waals surface area (Å²) in [4.78, 5) is 8.94. The van der Waals surface area contributed by atoms with E-state index in [4.69, 9.17) is 11.6 Å². The van der Waals surface area contributed by atoms with Crippen molar-refractivity contribution in [3.63, 3.8) is 0 Å². The van der Waals surface area contributed by atoms with Gasteiger partial charge in [0, 0.05) is 25.4 Å². The van der Waals surface area contributed by atoms with Gasteiger partial charge in [0.2, 0.25) is 0 Å². The Morgan fingerprint density at radius 2 is 2.16 bits per heavy atom. The molecule has 0 amide bonds. The Morgan fingerprint density at radius 3 is 2.89 bits per heavy atom. The molecule has 5 heteroatoms. The highest BCUT2D eigenvalue weighted by molar-refractivity contribution is 6.31. The molecule has 0 aliphatic carbocycles. The number of hydrogen-bond donors (Lipinski definition) is 1. The Bertz CT molecular complexity index is 536. The zero-order chi connectivity index (χ0) is 13.7. The number of aromatic nitrogens is 3. The molecule has 0 unspecified atom stereocenters. The van der Waals surface area contributed by atoms with Crippen LogP contribution in [0.2, 0.25) is 5.02 Å². The summed E-state index contributed by atoms with van der Waals surface area (Å²) in [6.45, 7) is 5.88. The molecular weight excluding hydrogens is 260 g/mol. The first-order chi connectivity index (χ1) is 9.26. The van der Waals surface area contributed by atoms with E-state index in [1.807, 2.05) is 22.9 Å². The smallest absolute Gasteiger partial charge is 0.138 e. The molecule has 0 saturated carbocycles. The number of hydrogen-bond acceptors (Lipinski definition) is 3. The molecule has 0 aliphatic heterocycles. The maximum absolute atomic E-state index is 6.18. The Balaban J connectivity index is 2.25. The summed E-state index contributed by atoms with van der Waals surface area (Å²) in [6.07, 6.45) is 5.70. The second-order valence-corrected chi connectivity index (χ2v) is 4.75. The van der Waals surface area contributed by atoms with Crippen LogP contribution in [-0.4, -0.2) is 21.1 Å². The van der Waals surface area contributed by atoms with Crippen LogP contribution < -0.4 is 5.32 Å². The summed E-state index contributed by atoms with van der Waals surface area (Å²) in [5, 5.41) is 4.02. The van der Waals surface area contributed by atoms with Crippen molar-refractivity contribution in [2.45, 2.75) is 33.2 Å². The van der Waals surface area contributed by atoms with Gasteiger partial charge in [-0.1, -0.05) is 25.4 Å². The van der Waals surface area contributed by atoms with Gasteiger partial charge in [0.15, 0.2) is 0 Å². The summed E-state index contributed by atoms with van der Waals surface area (Å²) >= 11 is 6.18. The summed E-state index contributed by atoms with van der Waals surface area (Å²) in [5.74, 6) is 1.87. The normalized spacial score (nSPS) is 10.9. The quantitative estimate of drug-likeness (QED) is 0.826. The van der Waals surface area contributed by atoms with Crippen LogP contribution in [0.1, 0.15) is 31.8 Å². The number of nitrogens with one attached hydrogen (secondary N) is 1. The number of pyridine rings is 1. The van der Waals surface area contributed by atoms with E-state index in [1.165, 1.54) is 0 Å².